The van der Waals surface area contributed by atoms with Crippen LogP contribution in [0.1, 0.15) is 12.5 Å². The van der Waals surface area contributed by atoms with Crippen LogP contribution in [0.3, 0.4) is 0 Å². The van der Waals surface area contributed by atoms with E-state index in [2.05, 4.69) is 12.7 Å². The average Bonchev–Trinajstić information content (AvgIpc) is 2.36. The number of halogens is 4. The monoisotopic (exact) mass is 387 g/mol. The topological polar surface area (TPSA) is 3.24 Å². The Hall–Kier alpha value is -0.576. The Balaban J connectivity index is 0.00000220. The van der Waals surface area contributed by atoms with Gasteiger partial charge in [-0.25, -0.2) is 13.2 Å². The van der Waals surface area contributed by atoms with Crippen molar-refractivity contribution in [3.8, 4) is 0 Å². The molecule has 109 valence electrons. The minimum absolute atomic E-state index is 0. The summed E-state index contributed by atoms with van der Waals surface area (Å²) in [5.74, 6) is -0.583. The van der Waals surface area contributed by atoms with Gasteiger partial charge in [0.05, 0.1) is 12.4 Å². The summed E-state index contributed by atoms with van der Waals surface area (Å²) in [6.45, 7) is 4.95. The summed E-state index contributed by atoms with van der Waals surface area (Å²) in [6, 6.07) is 4.09. The van der Waals surface area contributed by atoms with E-state index < -0.39 is 18.8 Å². The number of allylic oxidation sites excluding steroid dienone is 3. The molecule has 0 amide bonds. The van der Waals surface area contributed by atoms with Crippen molar-refractivity contribution >= 4 is 17.3 Å². The van der Waals surface area contributed by atoms with Gasteiger partial charge in [0.2, 0.25) is 0 Å². The maximum Gasteiger partial charge on any atom is 0.256 e. The van der Waals surface area contributed by atoms with Gasteiger partial charge in [0.15, 0.2) is 0 Å². The van der Waals surface area contributed by atoms with Crippen LogP contribution in [0.25, 0.3) is 5.70 Å². The van der Waals surface area contributed by atoms with E-state index in [1.54, 1.807) is 13.0 Å². The van der Waals surface area contributed by atoms with E-state index in [-0.39, 0.29) is 49.0 Å². The Labute approximate surface area is 152 Å². The fourth-order valence-electron chi connectivity index (χ4n) is 1.93. The zero-order valence-electron chi connectivity index (χ0n) is 11.3. The van der Waals surface area contributed by atoms with Crippen molar-refractivity contribution in [1.82, 2.24) is 4.90 Å². The second-order valence-corrected chi connectivity index (χ2v) is 4.83. The van der Waals surface area contributed by atoms with E-state index in [9.17, 15) is 13.2 Å². The summed E-state index contributed by atoms with van der Waals surface area (Å²) in [6.07, 6.45) is 1.87. The molecule has 0 spiro atoms. The number of benzene rings is 1. The standard InChI is InChI=1S/C15H12ClF3N.Y/c1-9-3-6-14(20(10(9)2)8-15(18)19)12-5-4-11(16)7-13(12)17;/h3-5,7,15H,2,8H2,1H3;/q-1;. The second kappa shape index (κ2) is 7.62. The summed E-state index contributed by atoms with van der Waals surface area (Å²) in [4.78, 5) is 1.27. The molecule has 2 rings (SSSR count). The van der Waals surface area contributed by atoms with Crippen LogP contribution >= 0.6 is 11.6 Å². The Morgan fingerprint density at radius 1 is 1.38 bits per heavy atom. The SMILES string of the molecule is C=C1C(C)=C[C-]=C(c2ccc(Cl)cc2F)N1CC(F)F.[Y]. The van der Waals surface area contributed by atoms with E-state index in [4.69, 9.17) is 11.6 Å². The quantitative estimate of drug-likeness (QED) is 0.682. The Kier molecular flexibility index (Phi) is 6.70. The molecule has 1 aliphatic heterocycles. The number of hydrogen-bond acceptors (Lipinski definition) is 1. The van der Waals surface area contributed by atoms with Crippen LogP contribution in [0.5, 0.6) is 0 Å². The predicted molar refractivity (Wildman–Crippen MR) is 73.7 cm³/mol. The Morgan fingerprint density at radius 3 is 2.62 bits per heavy atom. The Bertz CT molecular complexity index is 611. The maximum atomic E-state index is 14.0. The summed E-state index contributed by atoms with van der Waals surface area (Å²) in [5, 5.41) is 0.244. The van der Waals surface area contributed by atoms with Crippen LogP contribution in [0.15, 0.2) is 42.1 Å². The third kappa shape index (κ3) is 4.21. The second-order valence-electron chi connectivity index (χ2n) is 4.39. The minimum atomic E-state index is -2.56. The van der Waals surface area contributed by atoms with Gasteiger partial charge >= 0.3 is 0 Å². The van der Waals surface area contributed by atoms with Crippen LogP contribution in [-0.2, 0) is 32.7 Å². The van der Waals surface area contributed by atoms with E-state index in [0.717, 1.165) is 6.07 Å². The molecule has 0 bridgehead atoms. The van der Waals surface area contributed by atoms with Crippen LogP contribution in [0, 0.1) is 11.9 Å². The molecular formula is C15H12ClF3NY-. The van der Waals surface area contributed by atoms with Crippen molar-refractivity contribution in [2.24, 2.45) is 0 Å². The molecule has 6 heteroatoms. The normalized spacial score (nSPS) is 14.8. The fourth-order valence-corrected chi connectivity index (χ4v) is 2.09. The zero-order chi connectivity index (χ0) is 14.9. The largest absolute Gasteiger partial charge is 0.370 e. The molecule has 0 saturated carbocycles. The number of alkyl halides is 2. The molecule has 0 aromatic heterocycles. The third-order valence-corrected chi connectivity index (χ3v) is 3.22. The Morgan fingerprint density at radius 2 is 2.05 bits per heavy atom. The van der Waals surface area contributed by atoms with Gasteiger partial charge in [0.1, 0.15) is 0 Å². The van der Waals surface area contributed by atoms with E-state index in [1.807, 2.05) is 0 Å². The van der Waals surface area contributed by atoms with Crippen molar-refractivity contribution in [2.45, 2.75) is 13.3 Å². The zero-order valence-corrected chi connectivity index (χ0v) is 14.9. The van der Waals surface area contributed by atoms with Crippen LogP contribution in [-0.4, -0.2) is 17.9 Å². The van der Waals surface area contributed by atoms with Crippen LogP contribution in [0.4, 0.5) is 13.2 Å². The number of rotatable bonds is 3. The third-order valence-electron chi connectivity index (χ3n) is 2.98. The summed E-state index contributed by atoms with van der Waals surface area (Å²) in [5.41, 5.74) is 1.52. The molecule has 1 heterocycles. The van der Waals surface area contributed by atoms with Crippen molar-refractivity contribution in [2.75, 3.05) is 6.54 Å². The molecule has 1 aliphatic rings. The van der Waals surface area contributed by atoms with Gasteiger partial charge in [-0.05, 0) is 11.8 Å². The maximum absolute atomic E-state index is 14.0. The van der Waals surface area contributed by atoms with Gasteiger partial charge in [-0.1, -0.05) is 42.4 Å². The van der Waals surface area contributed by atoms with Gasteiger partial charge in [0, 0.05) is 37.7 Å². The smallest absolute Gasteiger partial charge is 0.256 e. The van der Waals surface area contributed by atoms with E-state index in [0.29, 0.717) is 11.3 Å². The average molecular weight is 388 g/mol. The molecule has 1 radical (unpaired) electrons. The van der Waals surface area contributed by atoms with Gasteiger partial charge in [-0.15, -0.1) is 11.6 Å². The molecule has 1 nitrogen and oxygen atoms in total. The van der Waals surface area contributed by atoms with Crippen LogP contribution < -0.4 is 0 Å². The molecule has 1 aromatic rings. The van der Waals surface area contributed by atoms with Crippen molar-refractivity contribution in [1.29, 1.82) is 0 Å². The molecule has 0 saturated heterocycles. The first-order valence-corrected chi connectivity index (χ1v) is 6.28. The predicted octanol–water partition coefficient (Wildman–Crippen LogP) is 4.66. The van der Waals surface area contributed by atoms with Gasteiger partial charge in [0.25, 0.3) is 6.43 Å². The number of nitrogens with zero attached hydrogens (tertiary/aromatic N) is 1. The first kappa shape index (κ1) is 18.5. The van der Waals surface area contributed by atoms with Gasteiger partial charge in [-0.2, -0.15) is 12.2 Å². The molecule has 0 N–H and O–H groups in total. The first-order valence-electron chi connectivity index (χ1n) is 5.91. The van der Waals surface area contributed by atoms with Gasteiger partial charge in [-0.3, -0.25) is 0 Å². The van der Waals surface area contributed by atoms with Crippen molar-refractivity contribution in [3.63, 3.8) is 0 Å². The molecular weight excluding hydrogens is 376 g/mol. The van der Waals surface area contributed by atoms with E-state index >= 15 is 0 Å². The van der Waals surface area contributed by atoms with Crippen LogP contribution in [0.2, 0.25) is 5.02 Å². The molecule has 0 fully saturated rings. The summed E-state index contributed by atoms with van der Waals surface area (Å²) < 4.78 is 39.4. The fraction of sp³-hybridized carbons (Fsp3) is 0.200. The van der Waals surface area contributed by atoms with Crippen molar-refractivity contribution in [3.05, 3.63) is 64.6 Å². The molecule has 0 atom stereocenters. The summed E-state index contributed by atoms with van der Waals surface area (Å²) in [7, 11) is 0. The summed E-state index contributed by atoms with van der Waals surface area (Å²) >= 11 is 5.70. The first-order chi connectivity index (χ1) is 9.40. The molecule has 0 unspecified atom stereocenters. The number of hydrogen-bond donors (Lipinski definition) is 0. The minimum Gasteiger partial charge on any atom is -0.370 e. The van der Waals surface area contributed by atoms with E-state index in [1.165, 1.54) is 17.0 Å². The molecule has 1 aromatic carbocycles. The molecule has 0 aliphatic carbocycles. The van der Waals surface area contributed by atoms with Gasteiger partial charge < -0.3 is 4.90 Å². The van der Waals surface area contributed by atoms with Crippen molar-refractivity contribution < 1.29 is 45.9 Å². The molecule has 21 heavy (non-hydrogen) atoms.